The van der Waals surface area contributed by atoms with Crippen molar-refractivity contribution in [3.63, 3.8) is 0 Å². The van der Waals surface area contributed by atoms with Crippen molar-refractivity contribution in [3.05, 3.63) is 59.4 Å². The lowest BCUT2D eigenvalue weighted by atomic mass is 9.59. The Labute approximate surface area is 164 Å². The predicted molar refractivity (Wildman–Crippen MR) is 108 cm³/mol. The lowest BCUT2D eigenvalue weighted by Crippen LogP contribution is -2.59. The van der Waals surface area contributed by atoms with Crippen LogP contribution >= 0.6 is 0 Å². The quantitative estimate of drug-likeness (QED) is 0.720. The summed E-state index contributed by atoms with van der Waals surface area (Å²) in [4.78, 5) is 22.7. The SMILES string of the molecule is C[C@@H]1[C@@H]2Cc3ccc(O)cc3[C@@]1(C)CCN2C(=O)Cc1ccc2nc[nH]c2c1. The molecule has 28 heavy (non-hydrogen) atoms. The minimum atomic E-state index is 0.00258. The largest absolute Gasteiger partial charge is 0.508 e. The lowest BCUT2D eigenvalue weighted by Gasteiger charge is -2.54. The predicted octanol–water partition coefficient (Wildman–Crippen LogP) is 3.56. The van der Waals surface area contributed by atoms with Gasteiger partial charge in [-0.1, -0.05) is 26.0 Å². The fourth-order valence-corrected chi connectivity index (χ4v) is 5.29. The number of H-pyrrole nitrogens is 1. The molecule has 2 aliphatic rings. The van der Waals surface area contributed by atoms with E-state index in [1.807, 2.05) is 30.3 Å². The van der Waals surface area contributed by atoms with E-state index in [0.717, 1.165) is 36.0 Å². The highest BCUT2D eigenvalue weighted by Crippen LogP contribution is 2.49. The molecule has 2 N–H and O–H groups in total. The highest BCUT2D eigenvalue weighted by atomic mass is 16.3. The number of aromatic amines is 1. The Morgan fingerprint density at radius 2 is 2.18 bits per heavy atom. The van der Waals surface area contributed by atoms with Crippen LogP contribution in [0.15, 0.2) is 42.7 Å². The highest BCUT2D eigenvalue weighted by molar-refractivity contribution is 5.82. The molecule has 5 nitrogen and oxygen atoms in total. The number of rotatable bonds is 2. The van der Waals surface area contributed by atoms with Crippen molar-refractivity contribution < 1.29 is 9.90 Å². The summed E-state index contributed by atoms with van der Waals surface area (Å²) in [6.45, 7) is 5.32. The maximum atomic E-state index is 13.2. The number of hydrogen-bond donors (Lipinski definition) is 2. The molecule has 1 aromatic heterocycles. The summed E-state index contributed by atoms with van der Waals surface area (Å²) in [7, 11) is 0. The van der Waals surface area contributed by atoms with E-state index in [0.29, 0.717) is 18.1 Å². The van der Waals surface area contributed by atoms with Gasteiger partial charge in [0, 0.05) is 12.6 Å². The summed E-state index contributed by atoms with van der Waals surface area (Å²) in [5, 5.41) is 9.98. The number of imidazole rings is 1. The summed E-state index contributed by atoms with van der Waals surface area (Å²) in [5.74, 6) is 0.882. The van der Waals surface area contributed by atoms with Crippen LogP contribution in [0.25, 0.3) is 11.0 Å². The van der Waals surface area contributed by atoms with E-state index in [4.69, 9.17) is 0 Å². The molecule has 144 valence electrons. The third-order valence-corrected chi connectivity index (χ3v) is 7.15. The average molecular weight is 375 g/mol. The molecule has 5 heteroatoms. The van der Waals surface area contributed by atoms with Gasteiger partial charge in [-0.25, -0.2) is 4.98 Å². The minimum absolute atomic E-state index is 0.00258. The van der Waals surface area contributed by atoms with Crippen LogP contribution in [0.1, 0.15) is 37.0 Å². The maximum Gasteiger partial charge on any atom is 0.227 e. The van der Waals surface area contributed by atoms with Crippen LogP contribution < -0.4 is 0 Å². The van der Waals surface area contributed by atoms with E-state index in [1.54, 1.807) is 12.4 Å². The zero-order valence-corrected chi connectivity index (χ0v) is 16.3. The van der Waals surface area contributed by atoms with Gasteiger partial charge in [-0.2, -0.15) is 0 Å². The van der Waals surface area contributed by atoms with Crippen LogP contribution in [-0.4, -0.2) is 38.5 Å². The summed E-state index contributed by atoms with van der Waals surface area (Å²) in [6, 6.07) is 11.9. The van der Waals surface area contributed by atoms with Gasteiger partial charge in [0.25, 0.3) is 0 Å². The molecule has 1 saturated heterocycles. The number of nitrogens with zero attached hydrogens (tertiary/aromatic N) is 2. The normalized spacial score (nSPS) is 26.3. The van der Waals surface area contributed by atoms with E-state index >= 15 is 0 Å². The molecule has 1 fully saturated rings. The number of nitrogens with one attached hydrogen (secondary N) is 1. The topological polar surface area (TPSA) is 69.2 Å². The number of carbonyl (C=O) groups is 1. The van der Waals surface area contributed by atoms with Gasteiger partial charge < -0.3 is 15.0 Å². The molecule has 1 aliphatic heterocycles. The molecule has 1 amide bonds. The van der Waals surface area contributed by atoms with Crippen LogP contribution in [-0.2, 0) is 23.1 Å². The van der Waals surface area contributed by atoms with Gasteiger partial charge in [0.2, 0.25) is 5.91 Å². The molecule has 3 atom stereocenters. The number of carbonyl (C=O) groups excluding carboxylic acids is 1. The molecule has 0 radical (unpaired) electrons. The van der Waals surface area contributed by atoms with Crippen molar-refractivity contribution in [2.24, 2.45) is 5.92 Å². The third kappa shape index (κ3) is 2.53. The Bertz CT molecular complexity index is 1070. The molecule has 2 bridgehead atoms. The first kappa shape index (κ1) is 17.3. The maximum absolute atomic E-state index is 13.2. The van der Waals surface area contributed by atoms with Crippen LogP contribution in [0.3, 0.4) is 0 Å². The van der Waals surface area contributed by atoms with Crippen molar-refractivity contribution >= 4 is 16.9 Å². The lowest BCUT2D eigenvalue weighted by molar-refractivity contribution is -0.137. The molecular formula is C23H25N3O2. The average Bonchev–Trinajstić information content (AvgIpc) is 3.13. The summed E-state index contributed by atoms with van der Waals surface area (Å²) < 4.78 is 0. The van der Waals surface area contributed by atoms with Crippen LogP contribution in [0, 0.1) is 5.92 Å². The Morgan fingerprint density at radius 3 is 3.04 bits per heavy atom. The number of phenolic OH excluding ortho intramolecular Hbond substituents is 1. The zero-order chi connectivity index (χ0) is 19.5. The fourth-order valence-electron chi connectivity index (χ4n) is 5.29. The van der Waals surface area contributed by atoms with Crippen LogP contribution in [0.4, 0.5) is 0 Å². The number of piperidine rings is 1. The number of likely N-dealkylation sites (tertiary alicyclic amines) is 1. The Morgan fingerprint density at radius 1 is 1.32 bits per heavy atom. The Balaban J connectivity index is 1.42. The number of aromatic nitrogens is 2. The minimum Gasteiger partial charge on any atom is -0.508 e. The number of fused-ring (bicyclic) bond motifs is 5. The monoisotopic (exact) mass is 375 g/mol. The smallest absolute Gasteiger partial charge is 0.227 e. The third-order valence-electron chi connectivity index (χ3n) is 7.15. The van der Waals surface area contributed by atoms with E-state index in [-0.39, 0.29) is 17.4 Å². The van der Waals surface area contributed by atoms with E-state index < -0.39 is 0 Å². The van der Waals surface area contributed by atoms with Crippen molar-refractivity contribution in [2.45, 2.75) is 44.6 Å². The van der Waals surface area contributed by atoms with Gasteiger partial charge in [-0.3, -0.25) is 4.79 Å². The number of amides is 1. The molecule has 1 aliphatic carbocycles. The number of benzene rings is 2. The highest BCUT2D eigenvalue weighted by Gasteiger charge is 2.49. The Kier molecular flexibility index (Phi) is 3.76. The molecule has 5 rings (SSSR count). The molecule has 2 heterocycles. The van der Waals surface area contributed by atoms with Gasteiger partial charge in [0.1, 0.15) is 5.75 Å². The summed E-state index contributed by atoms with van der Waals surface area (Å²) >= 11 is 0. The van der Waals surface area contributed by atoms with Crippen LogP contribution in [0.2, 0.25) is 0 Å². The summed E-state index contributed by atoms with van der Waals surface area (Å²) in [6.07, 6.45) is 3.88. The zero-order valence-electron chi connectivity index (χ0n) is 16.3. The molecular weight excluding hydrogens is 350 g/mol. The number of hydrogen-bond acceptors (Lipinski definition) is 3. The second kappa shape index (κ2) is 6.09. The second-order valence-electron chi connectivity index (χ2n) is 8.59. The fraction of sp³-hybridized carbons (Fsp3) is 0.391. The van der Waals surface area contributed by atoms with Crippen molar-refractivity contribution in [1.82, 2.24) is 14.9 Å². The molecule has 3 aromatic rings. The van der Waals surface area contributed by atoms with Crippen molar-refractivity contribution in [2.75, 3.05) is 6.54 Å². The first-order chi connectivity index (χ1) is 13.5. The van der Waals surface area contributed by atoms with Crippen LogP contribution in [0.5, 0.6) is 5.75 Å². The van der Waals surface area contributed by atoms with E-state index in [1.165, 1.54) is 11.1 Å². The number of phenols is 1. The van der Waals surface area contributed by atoms with Gasteiger partial charge >= 0.3 is 0 Å². The second-order valence-corrected chi connectivity index (χ2v) is 8.59. The van der Waals surface area contributed by atoms with Gasteiger partial charge in [-0.05, 0) is 65.1 Å². The first-order valence-electron chi connectivity index (χ1n) is 9.99. The van der Waals surface area contributed by atoms with Gasteiger partial charge in [0.15, 0.2) is 0 Å². The molecule has 0 unspecified atom stereocenters. The molecule has 0 spiro atoms. The Hall–Kier alpha value is -2.82. The standard InChI is InChI=1S/C23H25N3O2/c1-14-21-11-16-4-5-17(27)12-18(16)23(14,2)7-8-26(21)22(28)10-15-3-6-19-20(9-15)25-13-24-19/h3-6,9,12-14,21,27H,7-8,10-11H2,1-2H3,(H,24,25)/t14-,21+,23+/m1/s1. The summed E-state index contributed by atoms with van der Waals surface area (Å²) in [5.41, 5.74) is 5.43. The molecule has 0 saturated carbocycles. The van der Waals surface area contributed by atoms with Crippen molar-refractivity contribution in [1.29, 1.82) is 0 Å². The molecule has 2 aromatic carbocycles. The van der Waals surface area contributed by atoms with Gasteiger partial charge in [-0.15, -0.1) is 0 Å². The van der Waals surface area contributed by atoms with E-state index in [2.05, 4.69) is 28.7 Å². The first-order valence-corrected chi connectivity index (χ1v) is 9.99. The number of aromatic hydroxyl groups is 1. The van der Waals surface area contributed by atoms with E-state index in [9.17, 15) is 9.90 Å². The van der Waals surface area contributed by atoms with Crippen molar-refractivity contribution in [3.8, 4) is 5.75 Å². The van der Waals surface area contributed by atoms with Gasteiger partial charge in [0.05, 0.1) is 23.8 Å².